The van der Waals surface area contributed by atoms with Gasteiger partial charge in [-0.3, -0.25) is 16.3 Å². The first-order valence-electron chi connectivity index (χ1n) is 5.41. The van der Waals surface area contributed by atoms with Crippen LogP contribution in [-0.4, -0.2) is 12.1 Å². The van der Waals surface area contributed by atoms with Gasteiger partial charge in [0.25, 0.3) is 0 Å². The highest BCUT2D eigenvalue weighted by Gasteiger charge is 2.16. The Hall–Kier alpha value is -0.950. The number of aromatic nitrogens is 1. The summed E-state index contributed by atoms with van der Waals surface area (Å²) >= 11 is 5.15. The summed E-state index contributed by atoms with van der Waals surface area (Å²) in [5.74, 6) is 6.40. The Kier molecular flexibility index (Phi) is 4.71. The summed E-state index contributed by atoms with van der Waals surface area (Å²) in [5, 5.41) is 2.06. The van der Waals surface area contributed by atoms with E-state index in [2.05, 4.69) is 37.8 Å². The van der Waals surface area contributed by atoms with E-state index in [1.807, 2.05) is 6.07 Å². The summed E-state index contributed by atoms with van der Waals surface area (Å²) < 4.78 is 6.40. The maximum absolute atomic E-state index is 5.65. The van der Waals surface area contributed by atoms with Gasteiger partial charge < -0.3 is 4.74 Å². The quantitative estimate of drug-likeness (QED) is 0.654. The molecule has 2 heterocycles. The smallest absolute Gasteiger partial charge is 0.141 e. The van der Waals surface area contributed by atoms with Gasteiger partial charge in [-0.1, -0.05) is 0 Å². The van der Waals surface area contributed by atoms with Gasteiger partial charge in [0, 0.05) is 32.9 Å². The van der Waals surface area contributed by atoms with E-state index in [0.717, 1.165) is 22.2 Å². The predicted molar refractivity (Wildman–Crippen MR) is 76.6 cm³/mol. The van der Waals surface area contributed by atoms with Crippen LogP contribution in [-0.2, 0) is 6.42 Å². The van der Waals surface area contributed by atoms with Gasteiger partial charge in [0.1, 0.15) is 5.75 Å². The van der Waals surface area contributed by atoms with Crippen LogP contribution in [0.4, 0.5) is 0 Å². The molecular weight excluding hydrogens is 314 g/mol. The number of hydrogen-bond donors (Lipinski definition) is 2. The van der Waals surface area contributed by atoms with Crippen LogP contribution in [0.3, 0.4) is 0 Å². The average Bonchev–Trinajstić information content (AvgIpc) is 2.81. The fraction of sp³-hybridized carbons (Fsp3) is 0.250. The van der Waals surface area contributed by atoms with Crippen molar-refractivity contribution in [3.8, 4) is 5.75 Å². The lowest BCUT2D eigenvalue weighted by Crippen LogP contribution is -2.29. The number of nitrogens with two attached hydrogens (primary N) is 1. The lowest BCUT2D eigenvalue weighted by atomic mass is 10.0. The first-order valence-corrected chi connectivity index (χ1v) is 7.08. The molecule has 1 unspecified atom stereocenters. The molecule has 0 bridgehead atoms. The summed E-state index contributed by atoms with van der Waals surface area (Å²) in [6.45, 7) is 0. The summed E-state index contributed by atoms with van der Waals surface area (Å²) in [4.78, 5) is 5.30. The van der Waals surface area contributed by atoms with Crippen LogP contribution >= 0.6 is 27.3 Å². The number of rotatable bonds is 5. The van der Waals surface area contributed by atoms with Crippen molar-refractivity contribution in [1.82, 2.24) is 10.4 Å². The fourth-order valence-corrected chi connectivity index (χ4v) is 3.27. The Morgan fingerprint density at radius 3 is 3.06 bits per heavy atom. The van der Waals surface area contributed by atoms with Crippen LogP contribution in [0.15, 0.2) is 34.4 Å². The molecule has 0 spiro atoms. The third kappa shape index (κ3) is 3.08. The van der Waals surface area contributed by atoms with Gasteiger partial charge >= 0.3 is 0 Å². The second kappa shape index (κ2) is 6.29. The standard InChI is InChI=1S/C12H14BrN3OS/c1-17-12-6-15-3-2-10(12)11(16-14)5-9-4-8(13)7-18-9/h2-4,6-7,11,16H,5,14H2,1H3. The minimum absolute atomic E-state index is 0.00787. The molecule has 4 nitrogen and oxygen atoms in total. The van der Waals surface area contributed by atoms with Crippen molar-refractivity contribution in [2.45, 2.75) is 12.5 Å². The van der Waals surface area contributed by atoms with E-state index in [0.29, 0.717) is 0 Å². The van der Waals surface area contributed by atoms with Gasteiger partial charge in [-0.15, -0.1) is 11.3 Å². The summed E-state index contributed by atoms with van der Waals surface area (Å²) in [5.41, 5.74) is 3.85. The van der Waals surface area contributed by atoms with Crippen molar-refractivity contribution in [2.75, 3.05) is 7.11 Å². The maximum atomic E-state index is 5.65. The molecule has 0 aromatic carbocycles. The summed E-state index contributed by atoms with van der Waals surface area (Å²) in [7, 11) is 1.63. The first kappa shape index (κ1) is 13.5. The van der Waals surface area contributed by atoms with E-state index in [4.69, 9.17) is 10.6 Å². The Balaban J connectivity index is 2.22. The largest absolute Gasteiger partial charge is 0.495 e. The van der Waals surface area contributed by atoms with Crippen LogP contribution in [0.1, 0.15) is 16.5 Å². The molecule has 0 saturated carbocycles. The number of ether oxygens (including phenoxy) is 1. The third-order valence-electron chi connectivity index (χ3n) is 2.64. The van der Waals surface area contributed by atoms with Gasteiger partial charge in [0.05, 0.1) is 19.3 Å². The van der Waals surface area contributed by atoms with Gasteiger partial charge in [0.2, 0.25) is 0 Å². The fourth-order valence-electron chi connectivity index (χ4n) is 1.77. The molecule has 0 saturated heterocycles. The van der Waals surface area contributed by atoms with Crippen LogP contribution in [0.2, 0.25) is 0 Å². The number of halogens is 1. The van der Waals surface area contributed by atoms with E-state index in [1.165, 1.54) is 4.88 Å². The molecule has 2 aromatic heterocycles. The van der Waals surface area contributed by atoms with E-state index in [-0.39, 0.29) is 6.04 Å². The second-order valence-corrected chi connectivity index (χ2v) is 5.68. The van der Waals surface area contributed by atoms with Crippen molar-refractivity contribution in [3.63, 3.8) is 0 Å². The van der Waals surface area contributed by atoms with Crippen molar-refractivity contribution >= 4 is 27.3 Å². The number of thiophene rings is 1. The summed E-state index contributed by atoms with van der Waals surface area (Å²) in [6, 6.07) is 4.03. The van der Waals surface area contributed by atoms with E-state index >= 15 is 0 Å². The lowest BCUT2D eigenvalue weighted by Gasteiger charge is -2.17. The molecule has 2 aromatic rings. The highest BCUT2D eigenvalue weighted by Crippen LogP contribution is 2.29. The zero-order chi connectivity index (χ0) is 13.0. The zero-order valence-corrected chi connectivity index (χ0v) is 12.3. The Morgan fingerprint density at radius 1 is 1.61 bits per heavy atom. The average molecular weight is 328 g/mol. The molecule has 0 radical (unpaired) electrons. The molecule has 0 aliphatic rings. The van der Waals surface area contributed by atoms with Crippen molar-refractivity contribution in [2.24, 2.45) is 5.84 Å². The van der Waals surface area contributed by atoms with Gasteiger partial charge in [-0.2, -0.15) is 0 Å². The number of hydrogen-bond acceptors (Lipinski definition) is 5. The van der Waals surface area contributed by atoms with E-state index < -0.39 is 0 Å². The zero-order valence-electron chi connectivity index (χ0n) is 9.89. The number of nitrogens with zero attached hydrogens (tertiary/aromatic N) is 1. The molecule has 2 rings (SSSR count). The van der Waals surface area contributed by atoms with Crippen molar-refractivity contribution in [1.29, 1.82) is 0 Å². The second-order valence-electron chi connectivity index (χ2n) is 3.77. The number of methoxy groups -OCH3 is 1. The third-order valence-corrected chi connectivity index (χ3v) is 4.36. The van der Waals surface area contributed by atoms with Crippen LogP contribution in [0, 0.1) is 0 Å². The maximum Gasteiger partial charge on any atom is 0.141 e. The molecular formula is C12H14BrN3OS. The molecule has 0 amide bonds. The van der Waals surface area contributed by atoms with E-state index in [9.17, 15) is 0 Å². The van der Waals surface area contributed by atoms with E-state index in [1.54, 1.807) is 30.8 Å². The van der Waals surface area contributed by atoms with Crippen molar-refractivity contribution in [3.05, 3.63) is 44.8 Å². The molecule has 0 fully saturated rings. The van der Waals surface area contributed by atoms with Gasteiger partial charge in [-0.25, -0.2) is 0 Å². The summed E-state index contributed by atoms with van der Waals surface area (Å²) in [6.07, 6.45) is 4.25. The molecule has 3 N–H and O–H groups in total. The highest BCUT2D eigenvalue weighted by molar-refractivity contribution is 9.10. The van der Waals surface area contributed by atoms with Gasteiger partial charge in [0.15, 0.2) is 0 Å². The molecule has 96 valence electrons. The normalized spacial score (nSPS) is 12.4. The topological polar surface area (TPSA) is 60.2 Å². The Labute approximate surface area is 118 Å². The monoisotopic (exact) mass is 327 g/mol. The van der Waals surface area contributed by atoms with Crippen LogP contribution in [0.5, 0.6) is 5.75 Å². The van der Waals surface area contributed by atoms with Gasteiger partial charge in [-0.05, 0) is 28.1 Å². The Morgan fingerprint density at radius 2 is 2.44 bits per heavy atom. The highest BCUT2D eigenvalue weighted by atomic mass is 79.9. The van der Waals surface area contributed by atoms with Crippen LogP contribution in [0.25, 0.3) is 0 Å². The Bertz CT molecular complexity index is 518. The number of nitrogens with one attached hydrogen (secondary N) is 1. The number of hydrazine groups is 1. The van der Waals surface area contributed by atoms with Crippen molar-refractivity contribution < 1.29 is 4.74 Å². The molecule has 18 heavy (non-hydrogen) atoms. The molecule has 1 atom stereocenters. The predicted octanol–water partition coefficient (Wildman–Crippen LogP) is 2.66. The SMILES string of the molecule is COc1cnccc1C(Cc1cc(Br)cs1)NN. The minimum atomic E-state index is 0.00787. The molecule has 0 aliphatic heterocycles. The lowest BCUT2D eigenvalue weighted by molar-refractivity contribution is 0.397. The first-order chi connectivity index (χ1) is 8.74. The molecule has 6 heteroatoms. The van der Waals surface area contributed by atoms with Crippen LogP contribution < -0.4 is 16.0 Å². The minimum Gasteiger partial charge on any atom is -0.495 e. The number of pyridine rings is 1. The molecule has 0 aliphatic carbocycles.